The Morgan fingerprint density at radius 3 is 2.21 bits per heavy atom. The number of hydrogen-bond donors (Lipinski definition) is 0. The fourth-order valence-electron chi connectivity index (χ4n) is 3.89. The number of aryl methyl sites for hydroxylation is 1. The van der Waals surface area contributed by atoms with Crippen LogP contribution >= 0.6 is 0 Å². The van der Waals surface area contributed by atoms with E-state index in [9.17, 15) is 13.2 Å². The van der Waals surface area contributed by atoms with E-state index in [-0.39, 0.29) is 23.0 Å². The van der Waals surface area contributed by atoms with E-state index in [1.165, 1.54) is 0 Å². The lowest BCUT2D eigenvalue weighted by Crippen LogP contribution is -2.44. The van der Waals surface area contributed by atoms with Crippen LogP contribution in [0.15, 0.2) is 59.5 Å². The van der Waals surface area contributed by atoms with Crippen molar-refractivity contribution >= 4 is 15.9 Å². The molecular formula is C22H28N2O3S. The Morgan fingerprint density at radius 2 is 1.64 bits per heavy atom. The molecule has 0 bridgehead atoms. The van der Waals surface area contributed by atoms with Gasteiger partial charge in [-0.15, -0.1) is 0 Å². The van der Waals surface area contributed by atoms with E-state index >= 15 is 0 Å². The lowest BCUT2D eigenvalue weighted by Gasteiger charge is -2.33. The molecule has 28 heavy (non-hydrogen) atoms. The minimum absolute atomic E-state index is 0.123. The molecule has 0 saturated carbocycles. The summed E-state index contributed by atoms with van der Waals surface area (Å²) in [5.74, 6) is 0. The van der Waals surface area contributed by atoms with Crippen LogP contribution in [0.5, 0.6) is 0 Å². The highest BCUT2D eigenvalue weighted by Crippen LogP contribution is 2.39. The molecule has 0 radical (unpaired) electrons. The molecule has 3 atom stereocenters. The number of hydrogen-bond acceptors (Lipinski definition) is 3. The quantitative estimate of drug-likeness (QED) is 0.722. The smallest absolute Gasteiger partial charge is 0.321 e. The van der Waals surface area contributed by atoms with Crippen LogP contribution in [0.1, 0.15) is 43.9 Å². The van der Waals surface area contributed by atoms with Gasteiger partial charge in [-0.1, -0.05) is 61.4 Å². The van der Waals surface area contributed by atoms with E-state index in [0.29, 0.717) is 12.8 Å². The topological polar surface area (TPSA) is 57.7 Å². The number of likely N-dealkylation sites (N-methyl/N-ethyl adjacent to an activating group) is 1. The van der Waals surface area contributed by atoms with Gasteiger partial charge in [-0.05, 0) is 38.0 Å². The van der Waals surface area contributed by atoms with Crippen molar-refractivity contribution in [2.45, 2.75) is 56.0 Å². The summed E-state index contributed by atoms with van der Waals surface area (Å²) in [5, 5.41) is -0.898. The van der Waals surface area contributed by atoms with Crippen LogP contribution in [0.3, 0.4) is 0 Å². The van der Waals surface area contributed by atoms with Gasteiger partial charge in [-0.25, -0.2) is 13.2 Å². The van der Waals surface area contributed by atoms with Gasteiger partial charge in [0, 0.05) is 7.05 Å². The predicted molar refractivity (Wildman–Crippen MR) is 111 cm³/mol. The van der Waals surface area contributed by atoms with Gasteiger partial charge in [0.05, 0.1) is 17.0 Å². The van der Waals surface area contributed by atoms with Crippen molar-refractivity contribution in [2.75, 3.05) is 7.05 Å². The molecule has 1 aliphatic rings. The minimum atomic E-state index is -3.71. The van der Waals surface area contributed by atoms with Gasteiger partial charge in [-0.2, -0.15) is 0 Å². The van der Waals surface area contributed by atoms with Gasteiger partial charge in [0.15, 0.2) is 9.84 Å². The van der Waals surface area contributed by atoms with Crippen LogP contribution in [0.25, 0.3) is 0 Å². The van der Waals surface area contributed by atoms with E-state index in [1.54, 1.807) is 41.1 Å². The van der Waals surface area contributed by atoms with E-state index < -0.39 is 15.2 Å². The first-order valence-corrected chi connectivity index (χ1v) is 11.2. The highest BCUT2D eigenvalue weighted by molar-refractivity contribution is 7.92. The molecule has 3 rings (SSSR count). The van der Waals surface area contributed by atoms with Gasteiger partial charge in [0.25, 0.3) is 0 Å². The number of urea groups is 1. The van der Waals surface area contributed by atoms with Gasteiger partial charge in [-0.3, -0.25) is 4.90 Å². The highest BCUT2D eigenvalue weighted by atomic mass is 32.2. The molecule has 0 N–H and O–H groups in total. The number of nitrogens with zero attached hydrogens (tertiary/aromatic N) is 2. The third-order valence-corrected chi connectivity index (χ3v) is 7.69. The Labute approximate surface area is 167 Å². The average molecular weight is 401 g/mol. The van der Waals surface area contributed by atoms with Gasteiger partial charge in [0.1, 0.15) is 5.37 Å². The van der Waals surface area contributed by atoms with Crippen LogP contribution in [0.2, 0.25) is 0 Å². The van der Waals surface area contributed by atoms with E-state index in [2.05, 4.69) is 0 Å². The first-order chi connectivity index (χ1) is 13.3. The van der Waals surface area contributed by atoms with Crippen molar-refractivity contribution in [2.24, 2.45) is 0 Å². The third-order valence-electron chi connectivity index (χ3n) is 5.58. The van der Waals surface area contributed by atoms with E-state index in [4.69, 9.17) is 0 Å². The summed E-state index contributed by atoms with van der Waals surface area (Å²) in [6.07, 6.45) is 1.06. The van der Waals surface area contributed by atoms with Crippen molar-refractivity contribution in [1.29, 1.82) is 0 Å². The largest absolute Gasteiger partial charge is 0.323 e. The first-order valence-electron chi connectivity index (χ1n) is 9.69. The SMILES string of the molecule is CCCC(N1C(=O)N(C)C(C)C1c1ccccc1)S(=O)(=O)c1ccc(C)cc1. The number of benzene rings is 2. The molecule has 6 heteroatoms. The summed E-state index contributed by atoms with van der Waals surface area (Å²) in [5.41, 5.74) is 1.95. The summed E-state index contributed by atoms with van der Waals surface area (Å²) in [4.78, 5) is 16.6. The van der Waals surface area contributed by atoms with Crippen molar-refractivity contribution in [3.05, 3.63) is 65.7 Å². The van der Waals surface area contributed by atoms with Crippen LogP contribution in [-0.4, -0.2) is 42.7 Å². The second-order valence-corrected chi connectivity index (χ2v) is 9.60. The summed E-state index contributed by atoms with van der Waals surface area (Å²) in [6.45, 7) is 5.84. The molecule has 1 saturated heterocycles. The number of sulfone groups is 1. The van der Waals surface area contributed by atoms with Crippen LogP contribution in [0, 0.1) is 6.92 Å². The minimum Gasteiger partial charge on any atom is -0.323 e. The van der Waals surface area contributed by atoms with Crippen molar-refractivity contribution in [3.63, 3.8) is 0 Å². The molecule has 1 heterocycles. The standard InChI is InChI=1S/C22H28N2O3S/c1-5-9-20(28(26,27)19-14-12-16(2)13-15-19)24-21(17(3)23(4)22(24)25)18-10-7-6-8-11-18/h6-8,10-15,17,20-21H,5,9H2,1-4H3. The molecule has 2 aromatic carbocycles. The second-order valence-electron chi connectivity index (χ2n) is 7.50. The summed E-state index contributed by atoms with van der Waals surface area (Å²) in [6, 6.07) is 15.9. The van der Waals surface area contributed by atoms with Crippen LogP contribution in [-0.2, 0) is 9.84 Å². The number of rotatable bonds is 6. The Kier molecular flexibility index (Phi) is 5.79. The Balaban J connectivity index is 2.10. The Bertz CT molecular complexity index is 926. The van der Waals surface area contributed by atoms with Crippen LogP contribution in [0.4, 0.5) is 4.79 Å². The number of carbonyl (C=O) groups excluding carboxylic acids is 1. The maximum absolute atomic E-state index is 13.5. The van der Waals surface area contributed by atoms with Gasteiger partial charge < -0.3 is 4.90 Å². The molecule has 3 unspecified atom stereocenters. The molecule has 1 fully saturated rings. The zero-order valence-electron chi connectivity index (χ0n) is 16.9. The lowest BCUT2D eigenvalue weighted by atomic mass is 10.00. The summed E-state index contributed by atoms with van der Waals surface area (Å²) in [7, 11) is -1.97. The molecule has 0 spiro atoms. The van der Waals surface area contributed by atoms with E-state index in [1.807, 2.05) is 51.1 Å². The zero-order valence-corrected chi connectivity index (χ0v) is 17.7. The Hall–Kier alpha value is -2.34. The maximum atomic E-state index is 13.5. The predicted octanol–water partition coefficient (Wildman–Crippen LogP) is 4.39. The fraction of sp³-hybridized carbons (Fsp3) is 0.409. The number of carbonyl (C=O) groups is 1. The summed E-state index contributed by atoms with van der Waals surface area (Å²) < 4.78 is 27.1. The molecular weight excluding hydrogens is 372 g/mol. The van der Waals surface area contributed by atoms with Crippen molar-refractivity contribution < 1.29 is 13.2 Å². The summed E-state index contributed by atoms with van der Waals surface area (Å²) >= 11 is 0. The zero-order chi connectivity index (χ0) is 20.5. The van der Waals surface area contributed by atoms with Gasteiger partial charge >= 0.3 is 6.03 Å². The first kappa shape index (κ1) is 20.4. The molecule has 2 aromatic rings. The molecule has 1 aliphatic heterocycles. The average Bonchev–Trinajstić information content (AvgIpc) is 2.91. The Morgan fingerprint density at radius 1 is 1.04 bits per heavy atom. The van der Waals surface area contributed by atoms with Crippen LogP contribution < -0.4 is 0 Å². The monoisotopic (exact) mass is 400 g/mol. The third kappa shape index (κ3) is 3.53. The molecule has 150 valence electrons. The van der Waals surface area contributed by atoms with Crippen molar-refractivity contribution in [1.82, 2.24) is 9.80 Å². The molecule has 2 amide bonds. The van der Waals surface area contributed by atoms with Gasteiger partial charge in [0.2, 0.25) is 0 Å². The maximum Gasteiger partial charge on any atom is 0.321 e. The fourth-order valence-corrected chi connectivity index (χ4v) is 5.78. The second kappa shape index (κ2) is 7.95. The highest BCUT2D eigenvalue weighted by Gasteiger charge is 2.49. The lowest BCUT2D eigenvalue weighted by molar-refractivity contribution is 0.182. The molecule has 0 aliphatic carbocycles. The number of amides is 2. The van der Waals surface area contributed by atoms with Crippen molar-refractivity contribution in [3.8, 4) is 0 Å². The van der Waals surface area contributed by atoms with E-state index in [0.717, 1.165) is 11.1 Å². The normalized spacial score (nSPS) is 21.2. The molecule has 0 aromatic heterocycles. The molecule has 5 nitrogen and oxygen atoms in total.